The first kappa shape index (κ1) is 13.8. The average Bonchev–Trinajstić information content (AvgIpc) is 2.72. The number of nitrogens with zero attached hydrogens (tertiary/aromatic N) is 1. The number of amides is 1. The van der Waals surface area contributed by atoms with E-state index in [1.54, 1.807) is 12.1 Å². The molecule has 0 saturated heterocycles. The van der Waals surface area contributed by atoms with E-state index in [2.05, 4.69) is 9.73 Å². The maximum atomic E-state index is 11.6. The highest BCUT2D eigenvalue weighted by molar-refractivity contribution is 8.18. The SMILES string of the molecule is COC(=O)/C=C1\SC(Cc2ccc(Cl)cc2)=NC1=O. The lowest BCUT2D eigenvalue weighted by Gasteiger charge is -2.00. The van der Waals surface area contributed by atoms with Crippen molar-refractivity contribution in [3.63, 3.8) is 0 Å². The number of rotatable bonds is 3. The zero-order valence-electron chi connectivity index (χ0n) is 10.1. The second-order valence-electron chi connectivity index (χ2n) is 3.75. The predicted octanol–water partition coefficient (Wildman–Crippen LogP) is 2.61. The van der Waals surface area contributed by atoms with Crippen LogP contribution in [-0.2, 0) is 20.7 Å². The van der Waals surface area contributed by atoms with Gasteiger partial charge in [0.05, 0.1) is 17.1 Å². The Labute approximate surface area is 119 Å². The van der Waals surface area contributed by atoms with Crippen LogP contribution in [0.5, 0.6) is 0 Å². The van der Waals surface area contributed by atoms with Crippen molar-refractivity contribution in [2.45, 2.75) is 6.42 Å². The number of benzene rings is 1. The van der Waals surface area contributed by atoms with Crippen molar-refractivity contribution in [3.8, 4) is 0 Å². The summed E-state index contributed by atoms with van der Waals surface area (Å²) in [6.07, 6.45) is 1.69. The van der Waals surface area contributed by atoms with Crippen molar-refractivity contribution in [2.75, 3.05) is 7.11 Å². The highest BCUT2D eigenvalue weighted by atomic mass is 35.5. The minimum absolute atomic E-state index is 0.288. The van der Waals surface area contributed by atoms with Gasteiger partial charge in [0.25, 0.3) is 5.91 Å². The third-order valence-electron chi connectivity index (χ3n) is 2.38. The van der Waals surface area contributed by atoms with Gasteiger partial charge in [0.2, 0.25) is 0 Å². The summed E-state index contributed by atoms with van der Waals surface area (Å²) in [4.78, 5) is 26.9. The van der Waals surface area contributed by atoms with Crippen LogP contribution >= 0.6 is 23.4 Å². The molecular formula is C13H10ClNO3S. The lowest BCUT2D eigenvalue weighted by molar-refractivity contribution is -0.135. The van der Waals surface area contributed by atoms with Crippen LogP contribution in [0.1, 0.15) is 5.56 Å². The molecular weight excluding hydrogens is 286 g/mol. The molecule has 0 bridgehead atoms. The fourth-order valence-corrected chi connectivity index (χ4v) is 2.51. The van der Waals surface area contributed by atoms with E-state index < -0.39 is 11.9 Å². The quantitative estimate of drug-likeness (QED) is 0.635. The highest BCUT2D eigenvalue weighted by Gasteiger charge is 2.22. The number of aliphatic imine (C=N–C) groups is 1. The fraction of sp³-hybridized carbons (Fsp3) is 0.154. The highest BCUT2D eigenvalue weighted by Crippen LogP contribution is 2.28. The van der Waals surface area contributed by atoms with Gasteiger partial charge in [0, 0.05) is 17.5 Å². The average molecular weight is 296 g/mol. The number of esters is 1. The molecule has 0 unspecified atom stereocenters. The van der Waals surface area contributed by atoms with Gasteiger partial charge in [-0.15, -0.1) is 0 Å². The van der Waals surface area contributed by atoms with E-state index in [0.717, 1.165) is 11.6 Å². The molecule has 1 heterocycles. The van der Waals surface area contributed by atoms with E-state index in [0.29, 0.717) is 16.5 Å². The van der Waals surface area contributed by atoms with E-state index in [1.165, 1.54) is 18.9 Å². The van der Waals surface area contributed by atoms with Gasteiger partial charge in [-0.25, -0.2) is 9.79 Å². The molecule has 1 aliphatic heterocycles. The monoisotopic (exact) mass is 295 g/mol. The molecule has 2 rings (SSSR count). The van der Waals surface area contributed by atoms with E-state index >= 15 is 0 Å². The Hall–Kier alpha value is -1.59. The molecule has 1 amide bonds. The maximum Gasteiger partial charge on any atom is 0.331 e. The normalized spacial score (nSPS) is 16.6. The van der Waals surface area contributed by atoms with Crippen LogP contribution in [0.15, 0.2) is 40.2 Å². The number of ether oxygens (including phenoxy) is 1. The Kier molecular flexibility index (Phi) is 4.39. The van der Waals surface area contributed by atoms with Crippen LogP contribution in [0.2, 0.25) is 5.02 Å². The molecule has 1 aromatic rings. The molecule has 0 spiro atoms. The summed E-state index contributed by atoms with van der Waals surface area (Å²) < 4.78 is 4.48. The smallest absolute Gasteiger partial charge is 0.331 e. The third-order valence-corrected chi connectivity index (χ3v) is 3.62. The summed E-state index contributed by atoms with van der Waals surface area (Å²) in [5, 5.41) is 1.31. The molecule has 1 aromatic carbocycles. The molecule has 0 saturated carbocycles. The molecule has 1 aliphatic rings. The van der Waals surface area contributed by atoms with Crippen molar-refractivity contribution in [3.05, 3.63) is 45.8 Å². The Bertz CT molecular complexity index is 578. The Morgan fingerprint density at radius 1 is 1.42 bits per heavy atom. The minimum Gasteiger partial charge on any atom is -0.466 e. The Morgan fingerprint density at radius 2 is 2.11 bits per heavy atom. The molecule has 0 aliphatic carbocycles. The second-order valence-corrected chi connectivity index (χ2v) is 5.30. The maximum absolute atomic E-state index is 11.6. The van der Waals surface area contributed by atoms with E-state index in [4.69, 9.17) is 11.6 Å². The topological polar surface area (TPSA) is 55.7 Å². The second kappa shape index (κ2) is 6.04. The zero-order valence-corrected chi connectivity index (χ0v) is 11.6. The number of halogens is 1. The predicted molar refractivity (Wildman–Crippen MR) is 75.3 cm³/mol. The number of carbonyl (C=O) groups is 2. The van der Waals surface area contributed by atoms with Gasteiger partial charge < -0.3 is 4.74 Å². The summed E-state index contributed by atoms with van der Waals surface area (Å²) in [6.45, 7) is 0. The fourth-order valence-electron chi connectivity index (χ4n) is 1.47. The van der Waals surface area contributed by atoms with Crippen LogP contribution in [0.3, 0.4) is 0 Å². The van der Waals surface area contributed by atoms with Gasteiger partial charge in [-0.2, -0.15) is 0 Å². The molecule has 0 radical (unpaired) electrons. The number of carbonyl (C=O) groups excluding carboxylic acids is 2. The number of hydrogen-bond acceptors (Lipinski definition) is 4. The molecule has 0 N–H and O–H groups in total. The van der Waals surface area contributed by atoms with Gasteiger partial charge in [0.15, 0.2) is 0 Å². The lowest BCUT2D eigenvalue weighted by atomic mass is 10.2. The van der Waals surface area contributed by atoms with Gasteiger partial charge in [-0.3, -0.25) is 4.79 Å². The number of thioether (sulfide) groups is 1. The zero-order chi connectivity index (χ0) is 13.8. The molecule has 6 heteroatoms. The molecule has 4 nitrogen and oxygen atoms in total. The third kappa shape index (κ3) is 3.68. The van der Waals surface area contributed by atoms with Crippen LogP contribution in [-0.4, -0.2) is 24.0 Å². The minimum atomic E-state index is -0.557. The van der Waals surface area contributed by atoms with Crippen LogP contribution in [0, 0.1) is 0 Å². The van der Waals surface area contributed by atoms with Crippen molar-refractivity contribution < 1.29 is 14.3 Å². The van der Waals surface area contributed by atoms with Crippen molar-refractivity contribution >= 4 is 40.3 Å². The first-order valence-electron chi connectivity index (χ1n) is 5.42. The van der Waals surface area contributed by atoms with Gasteiger partial charge in [-0.1, -0.05) is 35.5 Å². The van der Waals surface area contributed by atoms with E-state index in [-0.39, 0.29) is 4.91 Å². The molecule has 0 aromatic heterocycles. The summed E-state index contributed by atoms with van der Waals surface area (Å²) in [5.41, 5.74) is 1.00. The Morgan fingerprint density at radius 3 is 2.74 bits per heavy atom. The van der Waals surface area contributed by atoms with E-state index in [9.17, 15) is 9.59 Å². The summed E-state index contributed by atoms with van der Waals surface area (Å²) >= 11 is 6.99. The van der Waals surface area contributed by atoms with Crippen LogP contribution in [0.25, 0.3) is 0 Å². The Balaban J connectivity index is 2.06. The van der Waals surface area contributed by atoms with Gasteiger partial charge in [0.1, 0.15) is 0 Å². The molecule has 0 atom stereocenters. The van der Waals surface area contributed by atoms with Crippen LogP contribution < -0.4 is 0 Å². The summed E-state index contributed by atoms with van der Waals surface area (Å²) in [6, 6.07) is 7.31. The first-order chi connectivity index (χ1) is 9.08. The van der Waals surface area contributed by atoms with E-state index in [1.807, 2.05) is 12.1 Å². The summed E-state index contributed by atoms with van der Waals surface area (Å²) in [7, 11) is 1.26. The van der Waals surface area contributed by atoms with Crippen molar-refractivity contribution in [1.29, 1.82) is 0 Å². The standard InChI is InChI=1S/C13H10ClNO3S/c1-18-12(16)7-10-13(17)15-11(19-10)6-8-2-4-9(14)5-3-8/h2-5,7H,6H2,1H3/b10-7-. The number of methoxy groups -OCH3 is 1. The number of hydrogen-bond donors (Lipinski definition) is 0. The lowest BCUT2D eigenvalue weighted by Crippen LogP contribution is -1.98. The first-order valence-corrected chi connectivity index (χ1v) is 6.62. The molecule has 19 heavy (non-hydrogen) atoms. The van der Waals surface area contributed by atoms with Gasteiger partial charge >= 0.3 is 5.97 Å². The molecule has 98 valence electrons. The molecule has 0 fully saturated rings. The van der Waals surface area contributed by atoms with Crippen molar-refractivity contribution in [2.24, 2.45) is 4.99 Å². The van der Waals surface area contributed by atoms with Crippen molar-refractivity contribution in [1.82, 2.24) is 0 Å². The summed E-state index contributed by atoms with van der Waals surface area (Å²) in [5.74, 6) is -0.960. The van der Waals surface area contributed by atoms with Crippen LogP contribution in [0.4, 0.5) is 0 Å². The van der Waals surface area contributed by atoms with Gasteiger partial charge in [-0.05, 0) is 17.7 Å². The largest absolute Gasteiger partial charge is 0.466 e.